The third kappa shape index (κ3) is 3.88. The van der Waals surface area contributed by atoms with E-state index in [1.165, 1.54) is 0 Å². The molecular weight excluding hydrogens is 396 g/mol. The summed E-state index contributed by atoms with van der Waals surface area (Å²) in [5, 5.41) is 8.22. The molecule has 0 bridgehead atoms. The fraction of sp³-hybridized carbons (Fsp3) is 0.381. The Morgan fingerprint density at radius 2 is 1.58 bits per heavy atom. The molecule has 10 heteroatoms. The van der Waals surface area contributed by atoms with E-state index in [0.29, 0.717) is 43.6 Å². The zero-order valence-corrected chi connectivity index (χ0v) is 17.1. The first-order valence-electron chi connectivity index (χ1n) is 10.5. The van der Waals surface area contributed by atoms with Gasteiger partial charge in [0, 0.05) is 44.8 Å². The highest BCUT2D eigenvalue weighted by Gasteiger charge is 2.28. The molecule has 5 rings (SSSR count). The van der Waals surface area contributed by atoms with Gasteiger partial charge in [-0.15, -0.1) is 10.2 Å². The molecule has 2 aromatic heterocycles. The predicted octanol–water partition coefficient (Wildman–Crippen LogP) is 2.11. The van der Waals surface area contributed by atoms with Crippen LogP contribution >= 0.6 is 0 Å². The van der Waals surface area contributed by atoms with Crippen LogP contribution in [0.5, 0.6) is 0 Å². The SMILES string of the molecule is Nc1ncc(N2CCN(C(=O)N3CCCC3)CC2)nc1-c1nnc(-c2ccccc2)o1. The minimum atomic E-state index is 0.139. The zero-order chi connectivity index (χ0) is 21.2. The van der Waals surface area contributed by atoms with Crippen LogP contribution in [0.15, 0.2) is 40.9 Å². The lowest BCUT2D eigenvalue weighted by atomic mass is 10.2. The minimum absolute atomic E-state index is 0.139. The quantitative estimate of drug-likeness (QED) is 0.685. The maximum atomic E-state index is 12.6. The van der Waals surface area contributed by atoms with E-state index in [9.17, 15) is 4.79 Å². The van der Waals surface area contributed by atoms with Crippen molar-refractivity contribution in [1.82, 2.24) is 30.0 Å². The average Bonchev–Trinajstić information content (AvgIpc) is 3.52. The second-order valence-corrected chi connectivity index (χ2v) is 7.69. The van der Waals surface area contributed by atoms with E-state index < -0.39 is 0 Å². The Hall–Kier alpha value is -3.69. The molecule has 31 heavy (non-hydrogen) atoms. The number of carbonyl (C=O) groups is 1. The number of nitrogen functional groups attached to an aromatic ring is 1. The highest BCUT2D eigenvalue weighted by atomic mass is 16.4. The molecule has 0 atom stereocenters. The number of hydrogen-bond acceptors (Lipinski definition) is 8. The van der Waals surface area contributed by atoms with Crippen molar-refractivity contribution < 1.29 is 9.21 Å². The van der Waals surface area contributed by atoms with Gasteiger partial charge in [0.15, 0.2) is 11.5 Å². The Morgan fingerprint density at radius 1 is 0.903 bits per heavy atom. The molecule has 0 spiro atoms. The summed E-state index contributed by atoms with van der Waals surface area (Å²) in [5.41, 5.74) is 7.24. The van der Waals surface area contributed by atoms with Gasteiger partial charge in [-0.2, -0.15) is 0 Å². The van der Waals surface area contributed by atoms with Crippen molar-refractivity contribution in [3.8, 4) is 23.0 Å². The third-order valence-electron chi connectivity index (χ3n) is 5.69. The molecule has 160 valence electrons. The number of hydrogen-bond donors (Lipinski definition) is 1. The Balaban J connectivity index is 1.30. The largest absolute Gasteiger partial charge is 0.414 e. The first-order chi connectivity index (χ1) is 15.2. The minimum Gasteiger partial charge on any atom is -0.414 e. The van der Waals surface area contributed by atoms with Gasteiger partial charge in [-0.05, 0) is 25.0 Å². The van der Waals surface area contributed by atoms with Gasteiger partial charge < -0.3 is 24.9 Å². The molecule has 4 heterocycles. The lowest BCUT2D eigenvalue weighted by Gasteiger charge is -2.37. The summed E-state index contributed by atoms with van der Waals surface area (Å²) in [4.78, 5) is 27.5. The van der Waals surface area contributed by atoms with Crippen molar-refractivity contribution in [1.29, 1.82) is 0 Å². The lowest BCUT2D eigenvalue weighted by Crippen LogP contribution is -2.52. The van der Waals surface area contributed by atoms with Crippen molar-refractivity contribution in [2.45, 2.75) is 12.8 Å². The summed E-state index contributed by atoms with van der Waals surface area (Å²) in [5.74, 6) is 1.54. The van der Waals surface area contributed by atoms with Crippen LogP contribution in [0.25, 0.3) is 23.0 Å². The summed E-state index contributed by atoms with van der Waals surface area (Å²) in [6.07, 6.45) is 3.83. The van der Waals surface area contributed by atoms with Gasteiger partial charge in [-0.25, -0.2) is 14.8 Å². The van der Waals surface area contributed by atoms with E-state index in [1.54, 1.807) is 6.20 Å². The van der Waals surface area contributed by atoms with Crippen LogP contribution in [-0.2, 0) is 0 Å². The van der Waals surface area contributed by atoms with Crippen molar-refractivity contribution >= 4 is 17.7 Å². The van der Waals surface area contributed by atoms with E-state index in [-0.39, 0.29) is 17.7 Å². The van der Waals surface area contributed by atoms with Crippen molar-refractivity contribution in [3.63, 3.8) is 0 Å². The Kier molecular flexibility index (Phi) is 5.11. The number of nitrogens with zero attached hydrogens (tertiary/aromatic N) is 7. The molecule has 0 unspecified atom stereocenters. The number of carbonyl (C=O) groups excluding carboxylic acids is 1. The van der Waals surface area contributed by atoms with Crippen LogP contribution in [0, 0.1) is 0 Å². The second kappa shape index (κ2) is 8.21. The highest BCUT2D eigenvalue weighted by Crippen LogP contribution is 2.27. The number of urea groups is 1. The summed E-state index contributed by atoms with van der Waals surface area (Å²) >= 11 is 0. The monoisotopic (exact) mass is 420 g/mol. The van der Waals surface area contributed by atoms with Crippen LogP contribution in [0.4, 0.5) is 16.4 Å². The Morgan fingerprint density at radius 3 is 2.32 bits per heavy atom. The van der Waals surface area contributed by atoms with Crippen LogP contribution in [0.1, 0.15) is 12.8 Å². The smallest absolute Gasteiger partial charge is 0.320 e. The molecule has 2 N–H and O–H groups in total. The molecular formula is C21H24N8O2. The fourth-order valence-electron chi connectivity index (χ4n) is 3.95. The molecule has 3 aromatic rings. The van der Waals surface area contributed by atoms with Crippen molar-refractivity contribution in [2.75, 3.05) is 49.9 Å². The first kappa shape index (κ1) is 19.3. The van der Waals surface area contributed by atoms with Gasteiger partial charge in [0.25, 0.3) is 5.89 Å². The predicted molar refractivity (Wildman–Crippen MR) is 115 cm³/mol. The number of aromatic nitrogens is 4. The number of rotatable bonds is 3. The Bertz CT molecular complexity index is 1060. The molecule has 1 aromatic carbocycles. The van der Waals surface area contributed by atoms with Gasteiger partial charge in [0.1, 0.15) is 5.82 Å². The normalized spacial score (nSPS) is 16.7. The number of piperazine rings is 1. The van der Waals surface area contributed by atoms with Crippen molar-refractivity contribution in [2.24, 2.45) is 0 Å². The molecule has 10 nitrogen and oxygen atoms in total. The number of amides is 2. The number of benzene rings is 1. The maximum Gasteiger partial charge on any atom is 0.320 e. The van der Waals surface area contributed by atoms with E-state index in [2.05, 4.69) is 25.1 Å². The van der Waals surface area contributed by atoms with Gasteiger partial charge in [0.05, 0.1) is 6.20 Å². The molecule has 2 saturated heterocycles. The summed E-state index contributed by atoms with van der Waals surface area (Å²) < 4.78 is 5.80. The number of nitrogens with two attached hydrogens (primary N) is 1. The Labute approximate surface area is 179 Å². The summed E-state index contributed by atoms with van der Waals surface area (Å²) in [7, 11) is 0. The molecule has 2 aliphatic heterocycles. The fourth-order valence-corrected chi connectivity index (χ4v) is 3.95. The third-order valence-corrected chi connectivity index (χ3v) is 5.69. The van der Waals surface area contributed by atoms with E-state index in [0.717, 1.165) is 31.5 Å². The maximum absolute atomic E-state index is 12.6. The van der Waals surface area contributed by atoms with E-state index in [4.69, 9.17) is 10.2 Å². The van der Waals surface area contributed by atoms with Gasteiger partial charge in [-0.3, -0.25) is 0 Å². The van der Waals surface area contributed by atoms with E-state index >= 15 is 0 Å². The van der Waals surface area contributed by atoms with Crippen LogP contribution in [0.2, 0.25) is 0 Å². The molecule has 2 aliphatic rings. The lowest BCUT2D eigenvalue weighted by molar-refractivity contribution is 0.159. The van der Waals surface area contributed by atoms with Crippen LogP contribution < -0.4 is 10.6 Å². The van der Waals surface area contributed by atoms with Gasteiger partial charge in [0.2, 0.25) is 5.89 Å². The van der Waals surface area contributed by atoms with Crippen LogP contribution in [-0.4, -0.2) is 75.3 Å². The molecule has 0 radical (unpaired) electrons. The molecule has 2 fully saturated rings. The number of anilines is 2. The molecule has 2 amide bonds. The van der Waals surface area contributed by atoms with Crippen LogP contribution in [0.3, 0.4) is 0 Å². The zero-order valence-electron chi connectivity index (χ0n) is 17.1. The standard InChI is InChI=1S/C21H24N8O2/c22-18-17(20-26-25-19(31-20)15-6-2-1-3-7-15)24-16(14-23-18)27-10-12-29(13-11-27)21(30)28-8-4-5-9-28/h1-3,6-7,14H,4-5,8-13H2,(H2,22,23). The second-order valence-electron chi connectivity index (χ2n) is 7.69. The summed E-state index contributed by atoms with van der Waals surface area (Å²) in [6, 6.07) is 9.66. The van der Waals surface area contributed by atoms with Gasteiger partial charge >= 0.3 is 6.03 Å². The highest BCUT2D eigenvalue weighted by molar-refractivity contribution is 5.75. The molecule has 0 aliphatic carbocycles. The first-order valence-corrected chi connectivity index (χ1v) is 10.5. The topological polar surface area (TPSA) is 118 Å². The summed E-state index contributed by atoms with van der Waals surface area (Å²) in [6.45, 7) is 4.38. The average molecular weight is 420 g/mol. The van der Waals surface area contributed by atoms with Gasteiger partial charge in [-0.1, -0.05) is 18.2 Å². The molecule has 0 saturated carbocycles. The van der Waals surface area contributed by atoms with Crippen molar-refractivity contribution in [3.05, 3.63) is 36.5 Å². The van der Waals surface area contributed by atoms with E-state index in [1.807, 2.05) is 40.1 Å². The number of likely N-dealkylation sites (tertiary alicyclic amines) is 1.